The zero-order valence-electron chi connectivity index (χ0n) is 10.3. The second-order valence-electron chi connectivity index (χ2n) is 4.73. The van der Waals surface area contributed by atoms with Crippen LogP contribution in [0.1, 0.15) is 23.8 Å². The average molecular weight is 260 g/mol. The molecule has 0 amide bonds. The molecule has 1 aromatic heterocycles. The van der Waals surface area contributed by atoms with Crippen molar-refractivity contribution in [3.63, 3.8) is 0 Å². The van der Waals surface area contributed by atoms with Gasteiger partial charge in [-0.3, -0.25) is 0 Å². The maximum Gasteiger partial charge on any atom is 0.118 e. The first-order valence-electron chi connectivity index (χ1n) is 6.11. The summed E-state index contributed by atoms with van der Waals surface area (Å²) in [6, 6.07) is 8.40. The van der Waals surface area contributed by atoms with Crippen LogP contribution in [0.15, 0.2) is 29.6 Å². The molecule has 1 fully saturated rings. The number of aromatic nitrogens is 1. The third-order valence-corrected chi connectivity index (χ3v) is 4.44. The fourth-order valence-corrected chi connectivity index (χ4v) is 3.19. The lowest BCUT2D eigenvalue weighted by atomic mass is 9.81. The molecule has 0 saturated heterocycles. The third-order valence-electron chi connectivity index (χ3n) is 3.43. The Balaban J connectivity index is 1.79. The Bertz CT molecular complexity index is 529. The van der Waals surface area contributed by atoms with Crippen molar-refractivity contribution in [3.05, 3.63) is 34.7 Å². The molecule has 1 aliphatic rings. The first-order chi connectivity index (χ1) is 8.76. The summed E-state index contributed by atoms with van der Waals surface area (Å²) in [7, 11) is 1.68. The van der Waals surface area contributed by atoms with Crippen LogP contribution in [0, 0.1) is 0 Å². The molecule has 0 unspecified atom stereocenters. The highest BCUT2D eigenvalue weighted by molar-refractivity contribution is 7.10. The number of benzene rings is 1. The SMILES string of the molecule is COc1ccc(-c2csc(C3CC(N)C3)n2)cc1. The molecular formula is C14H16N2OS. The van der Waals surface area contributed by atoms with Gasteiger partial charge in [0.1, 0.15) is 5.75 Å². The molecule has 18 heavy (non-hydrogen) atoms. The summed E-state index contributed by atoms with van der Waals surface area (Å²) in [6.07, 6.45) is 2.16. The van der Waals surface area contributed by atoms with Crippen LogP contribution in [0.25, 0.3) is 11.3 Å². The minimum atomic E-state index is 0.378. The van der Waals surface area contributed by atoms with Crippen LogP contribution in [0.2, 0.25) is 0 Å². The number of hydrogen-bond donors (Lipinski definition) is 1. The first-order valence-corrected chi connectivity index (χ1v) is 6.99. The van der Waals surface area contributed by atoms with Gasteiger partial charge in [0.25, 0.3) is 0 Å². The molecule has 94 valence electrons. The van der Waals surface area contributed by atoms with Gasteiger partial charge < -0.3 is 10.5 Å². The molecule has 0 atom stereocenters. The molecular weight excluding hydrogens is 244 g/mol. The number of thiazole rings is 1. The van der Waals surface area contributed by atoms with E-state index in [2.05, 4.69) is 5.38 Å². The summed E-state index contributed by atoms with van der Waals surface area (Å²) in [5, 5.41) is 3.35. The Morgan fingerprint density at radius 3 is 2.61 bits per heavy atom. The van der Waals surface area contributed by atoms with E-state index in [1.54, 1.807) is 18.4 Å². The Kier molecular flexibility index (Phi) is 3.06. The molecule has 4 heteroatoms. The smallest absolute Gasteiger partial charge is 0.118 e. The fourth-order valence-electron chi connectivity index (χ4n) is 2.23. The Hall–Kier alpha value is -1.39. The monoisotopic (exact) mass is 260 g/mol. The summed E-state index contributed by atoms with van der Waals surface area (Å²) in [6.45, 7) is 0. The second kappa shape index (κ2) is 4.71. The van der Waals surface area contributed by atoms with Crippen LogP contribution in [0.5, 0.6) is 5.75 Å². The number of nitrogens with zero attached hydrogens (tertiary/aromatic N) is 1. The summed E-state index contributed by atoms with van der Waals surface area (Å²) in [4.78, 5) is 4.71. The van der Waals surface area contributed by atoms with Crippen LogP contribution in [0.4, 0.5) is 0 Å². The van der Waals surface area contributed by atoms with Crippen molar-refractivity contribution in [2.75, 3.05) is 7.11 Å². The summed E-state index contributed by atoms with van der Waals surface area (Å²) in [5.74, 6) is 1.45. The maximum atomic E-state index is 5.82. The molecule has 2 N–H and O–H groups in total. The molecule has 1 saturated carbocycles. The van der Waals surface area contributed by atoms with E-state index in [0.717, 1.165) is 29.8 Å². The molecule has 1 heterocycles. The standard InChI is InChI=1S/C14H16N2OS/c1-17-12-4-2-9(3-5-12)13-8-18-14(16-13)10-6-11(15)7-10/h2-5,8,10-11H,6-7,15H2,1H3. The quantitative estimate of drug-likeness (QED) is 0.922. The van der Waals surface area contributed by atoms with Crippen LogP contribution in [-0.4, -0.2) is 18.1 Å². The van der Waals surface area contributed by atoms with Crippen LogP contribution < -0.4 is 10.5 Å². The first kappa shape index (κ1) is 11.7. The number of rotatable bonds is 3. The van der Waals surface area contributed by atoms with Crippen LogP contribution in [0.3, 0.4) is 0 Å². The lowest BCUT2D eigenvalue weighted by Gasteiger charge is -2.30. The van der Waals surface area contributed by atoms with Crippen molar-refractivity contribution in [2.45, 2.75) is 24.8 Å². The van der Waals surface area contributed by atoms with Crippen molar-refractivity contribution in [1.82, 2.24) is 4.98 Å². The van der Waals surface area contributed by atoms with E-state index in [9.17, 15) is 0 Å². The third kappa shape index (κ3) is 2.13. The van der Waals surface area contributed by atoms with Gasteiger partial charge in [-0.15, -0.1) is 11.3 Å². The number of ether oxygens (including phenoxy) is 1. The van der Waals surface area contributed by atoms with E-state index in [0.29, 0.717) is 12.0 Å². The minimum Gasteiger partial charge on any atom is -0.497 e. The predicted octanol–water partition coefficient (Wildman–Crippen LogP) is 3.02. The van der Waals surface area contributed by atoms with E-state index in [4.69, 9.17) is 15.5 Å². The highest BCUT2D eigenvalue weighted by Crippen LogP contribution is 2.38. The lowest BCUT2D eigenvalue weighted by molar-refractivity contribution is 0.351. The Morgan fingerprint density at radius 1 is 1.28 bits per heavy atom. The zero-order valence-corrected chi connectivity index (χ0v) is 11.1. The maximum absolute atomic E-state index is 5.82. The molecule has 1 aliphatic carbocycles. The summed E-state index contributed by atoms with van der Waals surface area (Å²) < 4.78 is 5.16. The molecule has 0 spiro atoms. The van der Waals surface area contributed by atoms with E-state index >= 15 is 0 Å². The topological polar surface area (TPSA) is 48.1 Å². The van der Waals surface area contributed by atoms with Crippen molar-refractivity contribution < 1.29 is 4.74 Å². The van der Waals surface area contributed by atoms with Gasteiger partial charge in [-0.05, 0) is 37.1 Å². The largest absolute Gasteiger partial charge is 0.497 e. The molecule has 0 radical (unpaired) electrons. The van der Waals surface area contributed by atoms with E-state index in [1.807, 2.05) is 24.3 Å². The summed E-state index contributed by atoms with van der Waals surface area (Å²) in [5.41, 5.74) is 8.01. The van der Waals surface area contributed by atoms with Gasteiger partial charge in [-0.25, -0.2) is 4.98 Å². The molecule has 3 nitrogen and oxygen atoms in total. The molecule has 3 rings (SSSR count). The van der Waals surface area contributed by atoms with Crippen molar-refractivity contribution >= 4 is 11.3 Å². The number of hydrogen-bond acceptors (Lipinski definition) is 4. The number of methoxy groups -OCH3 is 1. The average Bonchev–Trinajstić information content (AvgIpc) is 2.84. The predicted molar refractivity (Wildman–Crippen MR) is 74.1 cm³/mol. The molecule has 0 bridgehead atoms. The van der Waals surface area contributed by atoms with E-state index < -0.39 is 0 Å². The molecule has 1 aromatic carbocycles. The minimum absolute atomic E-state index is 0.378. The zero-order chi connectivity index (χ0) is 12.5. The molecule has 2 aromatic rings. The van der Waals surface area contributed by atoms with Gasteiger partial charge in [0.2, 0.25) is 0 Å². The van der Waals surface area contributed by atoms with E-state index in [-0.39, 0.29) is 0 Å². The van der Waals surface area contributed by atoms with Gasteiger partial charge >= 0.3 is 0 Å². The molecule has 0 aliphatic heterocycles. The lowest BCUT2D eigenvalue weighted by Crippen LogP contribution is -2.34. The normalized spacial score (nSPS) is 22.6. The van der Waals surface area contributed by atoms with Gasteiger partial charge in [-0.2, -0.15) is 0 Å². The van der Waals surface area contributed by atoms with Gasteiger partial charge in [0, 0.05) is 22.9 Å². The second-order valence-corrected chi connectivity index (χ2v) is 5.62. The Labute approximate surface area is 111 Å². The van der Waals surface area contributed by atoms with Gasteiger partial charge in [0.05, 0.1) is 17.8 Å². The van der Waals surface area contributed by atoms with Crippen molar-refractivity contribution in [2.24, 2.45) is 5.73 Å². The van der Waals surface area contributed by atoms with Crippen molar-refractivity contribution in [3.8, 4) is 17.0 Å². The van der Waals surface area contributed by atoms with Crippen molar-refractivity contribution in [1.29, 1.82) is 0 Å². The van der Waals surface area contributed by atoms with Crippen LogP contribution >= 0.6 is 11.3 Å². The van der Waals surface area contributed by atoms with Gasteiger partial charge in [0.15, 0.2) is 0 Å². The highest BCUT2D eigenvalue weighted by Gasteiger charge is 2.29. The van der Waals surface area contributed by atoms with Crippen LogP contribution in [-0.2, 0) is 0 Å². The van der Waals surface area contributed by atoms with E-state index in [1.165, 1.54) is 5.01 Å². The highest BCUT2D eigenvalue weighted by atomic mass is 32.1. The fraction of sp³-hybridized carbons (Fsp3) is 0.357. The van der Waals surface area contributed by atoms with Gasteiger partial charge in [-0.1, -0.05) is 0 Å². The summed E-state index contributed by atoms with van der Waals surface area (Å²) >= 11 is 1.74. The Morgan fingerprint density at radius 2 is 2.00 bits per heavy atom. The number of nitrogens with two attached hydrogens (primary N) is 1.